The Balaban J connectivity index is 1.56. The van der Waals surface area contributed by atoms with Gasteiger partial charge in [0.15, 0.2) is 5.96 Å². The van der Waals surface area contributed by atoms with Gasteiger partial charge in [0, 0.05) is 26.1 Å². The van der Waals surface area contributed by atoms with Crippen molar-refractivity contribution in [3.63, 3.8) is 0 Å². The van der Waals surface area contributed by atoms with Crippen molar-refractivity contribution in [3.8, 4) is 0 Å². The fourth-order valence-electron chi connectivity index (χ4n) is 2.92. The molecule has 26 heavy (non-hydrogen) atoms. The molecule has 3 rings (SSSR count). The summed E-state index contributed by atoms with van der Waals surface area (Å²) < 4.78 is 24.4. The summed E-state index contributed by atoms with van der Waals surface area (Å²) in [5.41, 5.74) is 1.62. The van der Waals surface area contributed by atoms with E-state index in [9.17, 15) is 4.39 Å². The summed E-state index contributed by atoms with van der Waals surface area (Å²) in [4.78, 5) is 4.63. The van der Waals surface area contributed by atoms with Crippen LogP contribution in [-0.2, 0) is 17.7 Å². The first-order valence-electron chi connectivity index (χ1n) is 9.12. The van der Waals surface area contributed by atoms with E-state index in [4.69, 9.17) is 9.15 Å². The van der Waals surface area contributed by atoms with E-state index in [0.29, 0.717) is 18.7 Å². The number of furan rings is 1. The smallest absolute Gasteiger partial charge is 0.191 e. The minimum Gasteiger partial charge on any atom is -0.469 e. The maximum Gasteiger partial charge on any atom is 0.191 e. The minimum absolute atomic E-state index is 0.189. The van der Waals surface area contributed by atoms with E-state index in [1.807, 2.05) is 18.2 Å². The molecule has 1 aliphatic heterocycles. The van der Waals surface area contributed by atoms with Crippen LogP contribution in [0.25, 0.3) is 0 Å². The van der Waals surface area contributed by atoms with Gasteiger partial charge in [-0.2, -0.15) is 0 Å². The van der Waals surface area contributed by atoms with E-state index in [1.54, 1.807) is 19.3 Å². The summed E-state index contributed by atoms with van der Waals surface area (Å²) in [6.45, 7) is 4.53. The number of aryl methyl sites for hydroxylation is 1. The molecule has 5 nitrogen and oxygen atoms in total. The second-order valence-corrected chi connectivity index (χ2v) is 6.52. The summed E-state index contributed by atoms with van der Waals surface area (Å²) in [6.07, 6.45) is 4.88. The van der Waals surface area contributed by atoms with Crippen LogP contribution >= 0.6 is 0 Å². The second-order valence-electron chi connectivity index (χ2n) is 6.52. The van der Waals surface area contributed by atoms with E-state index >= 15 is 0 Å². The van der Waals surface area contributed by atoms with Gasteiger partial charge < -0.3 is 19.8 Å². The van der Waals surface area contributed by atoms with Crippen molar-refractivity contribution >= 4 is 5.96 Å². The lowest BCUT2D eigenvalue weighted by atomic mass is 10.1. The highest BCUT2D eigenvalue weighted by Crippen LogP contribution is 2.11. The standard InChI is InChI=1S/C20H26FN3O2/c1-15-12-16(6-7-19(15)21)13-23-20(24-14-18-5-3-11-26-18)22-9-8-17-4-2-10-25-17/h2,4,6-7,10,12,18H,3,5,8-9,11,13-14H2,1H3,(H2,22,23,24). The van der Waals surface area contributed by atoms with E-state index in [1.165, 1.54) is 6.07 Å². The molecule has 2 aromatic rings. The molecule has 0 saturated carbocycles. The van der Waals surface area contributed by atoms with Gasteiger partial charge in [-0.25, -0.2) is 9.38 Å². The van der Waals surface area contributed by atoms with Crippen LogP contribution in [0.15, 0.2) is 46.0 Å². The zero-order valence-corrected chi connectivity index (χ0v) is 15.1. The predicted octanol–water partition coefficient (Wildman–Crippen LogP) is 3.18. The first-order valence-corrected chi connectivity index (χ1v) is 9.12. The first kappa shape index (κ1) is 18.5. The molecule has 2 N–H and O–H groups in total. The number of aliphatic imine (C=N–C) groups is 1. The molecule has 0 bridgehead atoms. The molecule has 1 aliphatic rings. The number of halogens is 1. The van der Waals surface area contributed by atoms with Crippen molar-refractivity contribution in [2.75, 3.05) is 19.7 Å². The summed E-state index contributed by atoms with van der Waals surface area (Å²) in [7, 11) is 0. The summed E-state index contributed by atoms with van der Waals surface area (Å²) in [6, 6.07) is 8.94. The van der Waals surface area contributed by atoms with Gasteiger partial charge in [0.05, 0.1) is 18.9 Å². The Labute approximate surface area is 153 Å². The van der Waals surface area contributed by atoms with Gasteiger partial charge in [0.1, 0.15) is 11.6 Å². The summed E-state index contributed by atoms with van der Waals surface area (Å²) >= 11 is 0. The van der Waals surface area contributed by atoms with Gasteiger partial charge in [-0.15, -0.1) is 0 Å². The molecule has 2 heterocycles. The van der Waals surface area contributed by atoms with Crippen LogP contribution in [0.2, 0.25) is 0 Å². The molecule has 1 saturated heterocycles. The van der Waals surface area contributed by atoms with E-state index in [-0.39, 0.29) is 11.9 Å². The zero-order valence-electron chi connectivity index (χ0n) is 15.1. The number of guanidine groups is 1. The molecular weight excluding hydrogens is 333 g/mol. The largest absolute Gasteiger partial charge is 0.469 e. The number of benzene rings is 1. The molecular formula is C20H26FN3O2. The van der Waals surface area contributed by atoms with Crippen LogP contribution < -0.4 is 10.6 Å². The molecule has 1 atom stereocenters. The van der Waals surface area contributed by atoms with Crippen LogP contribution in [0.1, 0.15) is 29.7 Å². The van der Waals surface area contributed by atoms with Crippen LogP contribution in [0, 0.1) is 12.7 Å². The predicted molar refractivity (Wildman–Crippen MR) is 99.7 cm³/mol. The Morgan fingerprint density at radius 1 is 1.31 bits per heavy atom. The highest BCUT2D eigenvalue weighted by atomic mass is 19.1. The van der Waals surface area contributed by atoms with Crippen LogP contribution in [0.3, 0.4) is 0 Å². The average molecular weight is 359 g/mol. The lowest BCUT2D eigenvalue weighted by Gasteiger charge is -2.15. The van der Waals surface area contributed by atoms with Gasteiger partial charge in [0.2, 0.25) is 0 Å². The monoisotopic (exact) mass is 359 g/mol. The number of nitrogens with zero attached hydrogens (tertiary/aromatic N) is 1. The Bertz CT molecular complexity index is 710. The summed E-state index contributed by atoms with van der Waals surface area (Å²) in [5.74, 6) is 1.48. The Hall–Kier alpha value is -2.34. The normalized spacial score (nSPS) is 17.5. The van der Waals surface area contributed by atoms with Crippen molar-refractivity contribution < 1.29 is 13.5 Å². The molecule has 1 aromatic carbocycles. The molecule has 1 aromatic heterocycles. The van der Waals surface area contributed by atoms with E-state index in [2.05, 4.69) is 15.6 Å². The number of ether oxygens (including phenoxy) is 1. The van der Waals surface area contributed by atoms with E-state index < -0.39 is 0 Å². The quantitative estimate of drug-likeness (QED) is 0.589. The first-order chi connectivity index (χ1) is 12.7. The fourth-order valence-corrected chi connectivity index (χ4v) is 2.92. The molecule has 0 spiro atoms. The lowest BCUT2D eigenvalue weighted by Crippen LogP contribution is -2.41. The number of nitrogens with one attached hydrogen (secondary N) is 2. The van der Waals surface area contributed by atoms with Gasteiger partial charge in [0.25, 0.3) is 0 Å². The number of hydrogen-bond donors (Lipinski definition) is 2. The highest BCUT2D eigenvalue weighted by molar-refractivity contribution is 5.79. The fraction of sp³-hybridized carbons (Fsp3) is 0.450. The molecule has 1 unspecified atom stereocenters. The third-order valence-electron chi connectivity index (χ3n) is 4.41. The van der Waals surface area contributed by atoms with Crippen molar-refractivity contribution in [2.24, 2.45) is 4.99 Å². The number of hydrogen-bond acceptors (Lipinski definition) is 3. The SMILES string of the molecule is Cc1cc(CN=C(NCCc2ccco2)NCC2CCCO2)ccc1F. The molecule has 0 amide bonds. The van der Waals surface area contributed by atoms with Gasteiger partial charge in [-0.05, 0) is 49.1 Å². The zero-order chi connectivity index (χ0) is 18.2. The van der Waals surface area contributed by atoms with Gasteiger partial charge in [-0.3, -0.25) is 0 Å². The van der Waals surface area contributed by atoms with Gasteiger partial charge in [-0.1, -0.05) is 12.1 Å². The van der Waals surface area contributed by atoms with Gasteiger partial charge >= 0.3 is 0 Å². The summed E-state index contributed by atoms with van der Waals surface area (Å²) in [5, 5.41) is 6.67. The van der Waals surface area contributed by atoms with E-state index in [0.717, 1.165) is 49.7 Å². The Morgan fingerprint density at radius 2 is 2.23 bits per heavy atom. The lowest BCUT2D eigenvalue weighted by molar-refractivity contribution is 0.114. The number of rotatable bonds is 7. The highest BCUT2D eigenvalue weighted by Gasteiger charge is 2.15. The maximum absolute atomic E-state index is 13.4. The van der Waals surface area contributed by atoms with Crippen molar-refractivity contribution in [2.45, 2.75) is 38.8 Å². The third-order valence-corrected chi connectivity index (χ3v) is 4.41. The van der Waals surface area contributed by atoms with Crippen LogP contribution in [0.4, 0.5) is 4.39 Å². The Morgan fingerprint density at radius 3 is 2.96 bits per heavy atom. The van der Waals surface area contributed by atoms with Crippen molar-refractivity contribution in [1.82, 2.24) is 10.6 Å². The topological polar surface area (TPSA) is 58.8 Å². The van der Waals surface area contributed by atoms with Crippen LogP contribution in [-0.4, -0.2) is 31.8 Å². The molecule has 1 fully saturated rings. The molecule has 140 valence electrons. The van der Waals surface area contributed by atoms with Crippen molar-refractivity contribution in [3.05, 3.63) is 59.3 Å². The minimum atomic E-state index is -0.189. The molecule has 6 heteroatoms. The average Bonchev–Trinajstić information content (AvgIpc) is 3.33. The second kappa shape index (κ2) is 9.38. The molecule has 0 aliphatic carbocycles. The third kappa shape index (κ3) is 5.59. The molecule has 0 radical (unpaired) electrons. The maximum atomic E-state index is 13.4. The van der Waals surface area contributed by atoms with Crippen molar-refractivity contribution in [1.29, 1.82) is 0 Å². The van der Waals surface area contributed by atoms with Crippen LogP contribution in [0.5, 0.6) is 0 Å². The Kier molecular flexibility index (Phi) is 6.66.